The van der Waals surface area contributed by atoms with Crippen molar-refractivity contribution in [3.8, 4) is 0 Å². The van der Waals surface area contributed by atoms with E-state index in [1.54, 1.807) is 0 Å². The molecule has 8 bridgehead atoms. The van der Waals surface area contributed by atoms with Crippen LogP contribution in [0.4, 0.5) is 0 Å². The van der Waals surface area contributed by atoms with E-state index >= 15 is 0 Å². The molecule has 0 saturated carbocycles. The number of isocyanates is 1. The molecular formula is C21H15N5O. The lowest BCUT2D eigenvalue weighted by atomic mass is 10.3. The third kappa shape index (κ3) is 3.81. The highest BCUT2D eigenvalue weighted by Gasteiger charge is 2.02. The number of H-pyrrole nitrogens is 2. The monoisotopic (exact) mass is 353 g/mol. The van der Waals surface area contributed by atoms with Crippen LogP contribution in [0.1, 0.15) is 22.8 Å². The van der Waals surface area contributed by atoms with Gasteiger partial charge >= 0.3 is 0 Å². The summed E-state index contributed by atoms with van der Waals surface area (Å²) in [5.41, 5.74) is 7.86. The van der Waals surface area contributed by atoms with Crippen molar-refractivity contribution < 1.29 is 4.79 Å². The molecule has 6 heteroatoms. The standard InChI is InChI=1S/C20H14N4.CHNO/c1-2-14-10-16-5-6-18(23-16)12-20-8-7-19(24-20)11-17-4-3-15(22-17)9-13(1)21-14;2-1-3/h1-12,21-22H;2H. The van der Waals surface area contributed by atoms with Crippen LogP contribution in [0, 0.1) is 5.41 Å². The molecule has 2 aliphatic rings. The minimum Gasteiger partial charge on any atom is -0.355 e. The van der Waals surface area contributed by atoms with Gasteiger partial charge < -0.3 is 9.97 Å². The summed E-state index contributed by atoms with van der Waals surface area (Å²) >= 11 is 0. The number of aromatic nitrogens is 4. The number of hydrogen-bond donors (Lipinski definition) is 3. The lowest BCUT2D eigenvalue weighted by molar-refractivity contribution is 0.563. The van der Waals surface area contributed by atoms with Crippen LogP contribution in [-0.4, -0.2) is 26.0 Å². The molecule has 0 aromatic carbocycles. The van der Waals surface area contributed by atoms with Crippen molar-refractivity contribution in [3.05, 3.63) is 71.3 Å². The Kier molecular flexibility index (Phi) is 4.31. The molecule has 0 amide bonds. The topological polar surface area (TPSA) is 98.3 Å². The summed E-state index contributed by atoms with van der Waals surface area (Å²) in [7, 11) is 0. The summed E-state index contributed by atoms with van der Waals surface area (Å²) in [5, 5.41) is 5.40. The molecule has 0 saturated heterocycles. The van der Waals surface area contributed by atoms with Crippen LogP contribution in [-0.2, 0) is 4.79 Å². The normalized spacial score (nSPS) is 11.6. The first-order valence-electron chi connectivity index (χ1n) is 8.30. The second-order valence-corrected chi connectivity index (χ2v) is 6.01. The van der Waals surface area contributed by atoms with Gasteiger partial charge in [0.15, 0.2) is 0 Å². The van der Waals surface area contributed by atoms with Crippen LogP contribution in [0.25, 0.3) is 46.4 Å². The number of nitrogens with one attached hydrogen (secondary N) is 3. The van der Waals surface area contributed by atoms with E-state index in [1.165, 1.54) is 0 Å². The third-order valence-corrected chi connectivity index (χ3v) is 4.04. The Morgan fingerprint density at radius 2 is 0.963 bits per heavy atom. The van der Waals surface area contributed by atoms with E-state index in [9.17, 15) is 0 Å². The molecule has 27 heavy (non-hydrogen) atoms. The van der Waals surface area contributed by atoms with Crippen molar-refractivity contribution in [2.75, 3.05) is 0 Å². The fraction of sp³-hybridized carbons (Fsp3) is 0. The van der Waals surface area contributed by atoms with Crippen LogP contribution in [0.5, 0.6) is 0 Å². The van der Waals surface area contributed by atoms with Crippen molar-refractivity contribution in [1.82, 2.24) is 19.9 Å². The van der Waals surface area contributed by atoms with E-state index in [0.717, 1.165) is 50.9 Å². The van der Waals surface area contributed by atoms with Gasteiger partial charge in [-0.3, -0.25) is 0 Å². The molecule has 0 unspecified atom stereocenters. The summed E-state index contributed by atoms with van der Waals surface area (Å²) in [6.45, 7) is 0. The molecule has 0 aliphatic carbocycles. The van der Waals surface area contributed by atoms with Gasteiger partial charge in [-0.1, -0.05) is 0 Å². The fourth-order valence-corrected chi connectivity index (χ4v) is 2.94. The van der Waals surface area contributed by atoms with Gasteiger partial charge in [-0.25, -0.2) is 20.2 Å². The number of nitrogens with zero attached hydrogens (tertiary/aromatic N) is 2. The average molecular weight is 353 g/mol. The molecular weight excluding hydrogens is 338 g/mol. The Labute approximate surface area is 154 Å². The van der Waals surface area contributed by atoms with Gasteiger partial charge in [0.2, 0.25) is 6.08 Å². The highest BCUT2D eigenvalue weighted by molar-refractivity contribution is 5.77. The molecule has 0 fully saturated rings. The van der Waals surface area contributed by atoms with E-state index in [0.29, 0.717) is 0 Å². The Hall–Kier alpha value is -4.02. The summed E-state index contributed by atoms with van der Waals surface area (Å²) < 4.78 is 0. The second kappa shape index (κ2) is 7.07. The highest BCUT2D eigenvalue weighted by atomic mass is 16.1. The molecule has 2 aliphatic heterocycles. The third-order valence-electron chi connectivity index (χ3n) is 4.04. The zero-order chi connectivity index (χ0) is 18.6. The highest BCUT2D eigenvalue weighted by Crippen LogP contribution is 2.17. The Bertz CT molecular complexity index is 1170. The van der Waals surface area contributed by atoms with E-state index in [1.807, 2.05) is 42.5 Å². The Balaban J connectivity index is 0.000000565. The van der Waals surface area contributed by atoms with Gasteiger partial charge in [0.05, 0.1) is 22.8 Å². The second-order valence-electron chi connectivity index (χ2n) is 6.01. The van der Waals surface area contributed by atoms with Crippen LogP contribution in [0.3, 0.4) is 0 Å². The lowest BCUT2D eigenvalue weighted by Crippen LogP contribution is -1.77. The maximum Gasteiger partial charge on any atom is 0.231 e. The molecule has 0 spiro atoms. The summed E-state index contributed by atoms with van der Waals surface area (Å²) in [6, 6.07) is 16.4. The van der Waals surface area contributed by atoms with Crippen LogP contribution in [0.2, 0.25) is 0 Å². The van der Waals surface area contributed by atoms with Crippen LogP contribution >= 0.6 is 0 Å². The Morgan fingerprint density at radius 3 is 1.37 bits per heavy atom. The lowest BCUT2D eigenvalue weighted by Gasteiger charge is -1.86. The number of fused-ring (bicyclic) bond motifs is 8. The Morgan fingerprint density at radius 1 is 0.630 bits per heavy atom. The number of rotatable bonds is 0. The molecule has 3 aromatic rings. The van der Waals surface area contributed by atoms with Crippen molar-refractivity contribution in [1.29, 1.82) is 5.41 Å². The van der Waals surface area contributed by atoms with Crippen LogP contribution in [0.15, 0.2) is 48.5 Å². The van der Waals surface area contributed by atoms with Gasteiger partial charge in [-0.2, -0.15) is 0 Å². The fourth-order valence-electron chi connectivity index (χ4n) is 2.94. The number of aromatic amines is 2. The van der Waals surface area contributed by atoms with Gasteiger partial charge in [-0.05, 0) is 72.8 Å². The molecule has 3 N–H and O–H groups in total. The first kappa shape index (κ1) is 16.4. The van der Waals surface area contributed by atoms with Gasteiger partial charge in [0, 0.05) is 22.1 Å². The van der Waals surface area contributed by atoms with E-state index in [2.05, 4.69) is 50.3 Å². The average Bonchev–Trinajstić information content (AvgIpc) is 3.41. The van der Waals surface area contributed by atoms with Crippen molar-refractivity contribution in [3.63, 3.8) is 0 Å². The summed E-state index contributed by atoms with van der Waals surface area (Å²) in [4.78, 5) is 24.4. The van der Waals surface area contributed by atoms with E-state index in [-0.39, 0.29) is 0 Å². The molecule has 5 rings (SSSR count). The maximum atomic E-state index is 8.35. The van der Waals surface area contributed by atoms with Gasteiger partial charge in [0.1, 0.15) is 0 Å². The smallest absolute Gasteiger partial charge is 0.231 e. The van der Waals surface area contributed by atoms with Gasteiger partial charge in [0.25, 0.3) is 0 Å². The first-order valence-corrected chi connectivity index (χ1v) is 8.30. The first-order chi connectivity index (χ1) is 13.2. The summed E-state index contributed by atoms with van der Waals surface area (Å²) in [6.07, 6.45) is 8.80. The van der Waals surface area contributed by atoms with Crippen LogP contribution < -0.4 is 0 Å². The molecule has 130 valence electrons. The molecule has 0 radical (unpaired) electrons. The van der Waals surface area contributed by atoms with E-state index in [4.69, 9.17) is 10.2 Å². The molecule has 0 atom stereocenters. The zero-order valence-corrected chi connectivity index (χ0v) is 14.2. The van der Waals surface area contributed by atoms with Crippen molar-refractivity contribution >= 4 is 52.5 Å². The predicted molar refractivity (Wildman–Crippen MR) is 107 cm³/mol. The van der Waals surface area contributed by atoms with Crippen molar-refractivity contribution in [2.45, 2.75) is 0 Å². The molecule has 6 nitrogen and oxygen atoms in total. The molecule has 5 heterocycles. The predicted octanol–water partition coefficient (Wildman–Crippen LogP) is 4.56. The van der Waals surface area contributed by atoms with Gasteiger partial charge in [-0.15, -0.1) is 0 Å². The SMILES string of the molecule is C1=Cc2cc3ccc(cc4ccc(cc5nc(cc1n2)C=C5)[nH]4)[nH]3.N=C=O. The minimum absolute atomic E-state index is 0.750. The number of hydrogen-bond acceptors (Lipinski definition) is 4. The number of carbonyl (C=O) groups excluding carboxylic acids is 1. The van der Waals surface area contributed by atoms with Crippen molar-refractivity contribution in [2.24, 2.45) is 0 Å². The minimum atomic E-state index is 0.750. The van der Waals surface area contributed by atoms with E-state index < -0.39 is 0 Å². The summed E-state index contributed by atoms with van der Waals surface area (Å²) in [5.74, 6) is 0. The largest absolute Gasteiger partial charge is 0.355 e. The molecule has 3 aromatic heterocycles. The maximum absolute atomic E-state index is 8.35. The quantitative estimate of drug-likeness (QED) is 0.281. The zero-order valence-electron chi connectivity index (χ0n) is 14.2.